The fourth-order valence-corrected chi connectivity index (χ4v) is 15.9. The second kappa shape index (κ2) is 44.6. The minimum Gasteiger partial charge on any atom is -0.508 e. The lowest BCUT2D eigenvalue weighted by Crippen LogP contribution is -2.61. The summed E-state index contributed by atoms with van der Waals surface area (Å²) in [6.45, 7) is -1.83. The first-order valence-corrected chi connectivity index (χ1v) is 39.9. The number of rotatable bonds is 22. The van der Waals surface area contributed by atoms with E-state index < -0.39 is 223 Å². The number of carbonyl (C=O) groups excluding carboxylic acids is 15. The zero-order valence-electron chi connectivity index (χ0n) is 62.1. The molecule has 614 valence electrons. The summed E-state index contributed by atoms with van der Waals surface area (Å²) in [5.41, 5.74) is 29.4. The van der Waals surface area contributed by atoms with Crippen LogP contribution in [-0.2, 0) is 89.6 Å². The third-order valence-corrected chi connectivity index (χ3v) is 21.9. The quantitative estimate of drug-likeness (QED) is 0.0226. The van der Waals surface area contributed by atoms with Crippen LogP contribution in [0.1, 0.15) is 120 Å². The van der Waals surface area contributed by atoms with E-state index in [9.17, 15) is 68.1 Å². The van der Waals surface area contributed by atoms with Gasteiger partial charge in [-0.3, -0.25) is 81.7 Å². The zero-order valence-corrected chi connectivity index (χ0v) is 63.7. The van der Waals surface area contributed by atoms with Gasteiger partial charge in [-0.2, -0.15) is 0 Å². The number of unbranched alkanes of at least 4 members (excludes halogenated alkanes) is 2. The van der Waals surface area contributed by atoms with E-state index in [1.54, 1.807) is 30.3 Å². The molecular weight excluding hydrogens is 1500 g/mol. The average molecular weight is 1610 g/mol. The second-order valence-corrected chi connectivity index (χ2v) is 30.4. The summed E-state index contributed by atoms with van der Waals surface area (Å²) < 4.78 is 0. The van der Waals surface area contributed by atoms with Crippen LogP contribution in [0.2, 0.25) is 0 Å². The van der Waals surface area contributed by atoms with E-state index in [4.69, 9.17) is 28.7 Å². The Morgan fingerprint density at radius 2 is 0.893 bits per heavy atom. The number of carbonyl (C=O) groups is 16. The first kappa shape index (κ1) is 88.8. The number of aliphatic hydroxyl groups is 1. The highest BCUT2D eigenvalue weighted by Crippen LogP contribution is 2.29. The summed E-state index contributed by atoms with van der Waals surface area (Å²) in [4.78, 5) is 240. The number of aromatic hydroxyl groups is 1. The summed E-state index contributed by atoms with van der Waals surface area (Å²) in [5, 5.41) is 59.3. The number of nitrogens with zero attached hydrogens (tertiary/aromatic N) is 4. The number of carboxylic acid groups (broad SMARTS) is 1. The van der Waals surface area contributed by atoms with Crippen LogP contribution in [0, 0.1) is 0 Å². The molecule has 2 aromatic carbocycles. The van der Waals surface area contributed by atoms with E-state index in [2.05, 4.69) is 63.5 Å². The molecular formula is C71H104N20O19S2. The van der Waals surface area contributed by atoms with Crippen molar-refractivity contribution >= 4 is 122 Å². The fourth-order valence-electron chi connectivity index (χ4n) is 13.6. The highest BCUT2D eigenvalue weighted by Gasteiger charge is 2.46. The number of fused-ring (bicyclic) bond motifs is 8. The Morgan fingerprint density at radius 1 is 0.455 bits per heavy atom. The third-order valence-electron chi connectivity index (χ3n) is 19.5. The summed E-state index contributed by atoms with van der Waals surface area (Å²) in [7, 11) is 1.62. The number of guanidine groups is 1. The number of aliphatic carboxylic acids is 1. The molecule has 39 nitrogen and oxygen atoms in total. The number of primary amides is 1. The highest BCUT2D eigenvalue weighted by atomic mass is 33.1. The SMILES string of the molecule is NCCCC[C@@H]1NC(=O)[C@H](Cc2ccc(O)cc2)NC(=O)[C@@H]2CSSC[C@H](NC(=O)[C@H](CCC(N)=O)NC(=O)[C@@H]3CCCN3C(=O)[C@@H]3CCCN3C(=O)[C@H](CCCCN)NC(=O)[C@H](CO)NC1=O)C(=O)N[C@@H](Cc1ccccc1)C(=O)N1CCC[C@H]1C(=O)N[C@@H](CC(=O)O)C(=O)NCC(=O)N[C@@H](CCCN=C(N)N)C(=O)N2. The number of nitrogens with two attached hydrogens (primary N) is 5. The van der Waals surface area contributed by atoms with Gasteiger partial charge in [-0.15, -0.1) is 0 Å². The minimum atomic E-state index is -1.88. The van der Waals surface area contributed by atoms with Gasteiger partial charge in [0.05, 0.1) is 19.6 Å². The predicted molar refractivity (Wildman–Crippen MR) is 407 cm³/mol. The molecule has 2 bridgehead atoms. The van der Waals surface area contributed by atoms with E-state index in [1.165, 1.54) is 34.1 Å². The maximum absolute atomic E-state index is 15.4. The van der Waals surface area contributed by atoms with Gasteiger partial charge in [0.1, 0.15) is 84.3 Å². The van der Waals surface area contributed by atoms with Gasteiger partial charge >= 0.3 is 5.97 Å². The van der Waals surface area contributed by atoms with Crippen molar-refractivity contribution in [3.8, 4) is 5.75 Å². The molecule has 7 rings (SSSR count). The molecule has 0 aliphatic carbocycles. The van der Waals surface area contributed by atoms with Gasteiger partial charge in [-0.25, -0.2) is 0 Å². The molecule has 5 heterocycles. The molecule has 5 aliphatic rings. The molecule has 5 fully saturated rings. The monoisotopic (exact) mass is 1600 g/mol. The lowest BCUT2D eigenvalue weighted by atomic mass is 10.0. The van der Waals surface area contributed by atoms with E-state index in [0.29, 0.717) is 30.4 Å². The first-order valence-electron chi connectivity index (χ1n) is 37.4. The van der Waals surface area contributed by atoms with Crippen molar-refractivity contribution in [2.75, 3.05) is 63.9 Å². The number of amides is 15. The molecule has 2 aromatic rings. The maximum atomic E-state index is 15.4. The normalized spacial score (nSPS) is 26.5. The van der Waals surface area contributed by atoms with Gasteiger partial charge in [-0.05, 0) is 133 Å². The second-order valence-electron chi connectivity index (χ2n) is 27.9. The van der Waals surface area contributed by atoms with Gasteiger partial charge in [0.2, 0.25) is 88.6 Å². The maximum Gasteiger partial charge on any atom is 0.305 e. The summed E-state index contributed by atoms with van der Waals surface area (Å²) in [6, 6.07) is -6.86. The lowest BCUT2D eigenvalue weighted by Gasteiger charge is -2.33. The number of aliphatic hydroxyl groups excluding tert-OH is 1. The van der Waals surface area contributed by atoms with E-state index in [1.807, 2.05) is 0 Å². The Balaban J connectivity index is 1.38. The molecule has 13 atom stereocenters. The third kappa shape index (κ3) is 26.9. The van der Waals surface area contributed by atoms with Crippen LogP contribution < -0.4 is 87.2 Å². The number of phenols is 1. The molecule has 24 N–H and O–H groups in total. The summed E-state index contributed by atoms with van der Waals surface area (Å²) >= 11 is 0. The number of nitrogens with one attached hydrogen (secondary N) is 11. The number of benzene rings is 2. The van der Waals surface area contributed by atoms with Crippen LogP contribution in [0.5, 0.6) is 5.75 Å². The van der Waals surface area contributed by atoms with Crippen molar-refractivity contribution < 1.29 is 92.0 Å². The number of aliphatic imine (C=N–C) groups is 1. The van der Waals surface area contributed by atoms with Crippen molar-refractivity contribution in [3.63, 3.8) is 0 Å². The van der Waals surface area contributed by atoms with Gasteiger partial charge in [-0.1, -0.05) is 64.1 Å². The molecule has 0 aromatic heterocycles. The Morgan fingerprint density at radius 3 is 1.46 bits per heavy atom. The van der Waals surface area contributed by atoms with Crippen LogP contribution in [-0.4, -0.2) is 273 Å². The molecule has 41 heteroatoms. The van der Waals surface area contributed by atoms with Crippen LogP contribution in [0.25, 0.3) is 0 Å². The molecule has 5 aliphatic heterocycles. The lowest BCUT2D eigenvalue weighted by molar-refractivity contribution is -0.148. The molecule has 0 spiro atoms. The summed E-state index contributed by atoms with van der Waals surface area (Å²) in [5.74, 6) is -17.8. The van der Waals surface area contributed by atoms with Gasteiger partial charge < -0.3 is 117 Å². The van der Waals surface area contributed by atoms with Crippen molar-refractivity contribution in [2.45, 2.75) is 201 Å². The van der Waals surface area contributed by atoms with Crippen LogP contribution in [0.4, 0.5) is 0 Å². The van der Waals surface area contributed by atoms with Crippen molar-refractivity contribution in [2.24, 2.45) is 33.7 Å². The molecule has 0 unspecified atom stereocenters. The highest BCUT2D eigenvalue weighted by molar-refractivity contribution is 8.76. The van der Waals surface area contributed by atoms with E-state index in [-0.39, 0.29) is 128 Å². The van der Waals surface area contributed by atoms with Crippen LogP contribution in [0.3, 0.4) is 0 Å². The van der Waals surface area contributed by atoms with Crippen molar-refractivity contribution in [1.29, 1.82) is 0 Å². The van der Waals surface area contributed by atoms with Crippen molar-refractivity contribution in [3.05, 3.63) is 65.7 Å². The van der Waals surface area contributed by atoms with Crippen molar-refractivity contribution in [1.82, 2.24) is 73.2 Å². The number of hydrogen-bond donors (Lipinski definition) is 19. The Kier molecular flexibility index (Phi) is 35.4. The molecule has 5 saturated heterocycles. The van der Waals surface area contributed by atoms with Gasteiger partial charge in [0.15, 0.2) is 5.96 Å². The first-order chi connectivity index (χ1) is 53.6. The van der Waals surface area contributed by atoms with Gasteiger partial charge in [0, 0.05) is 56.9 Å². The standard InChI is InChI=1S/C71H104N20O19S2/c72-26-6-4-14-43-60(100)86-49(36-92)63(103)82-45(15-5-7-27-73)68(108)91-31-11-19-54(91)70(110)90-30-10-18-53(90)66(106)81-44(24-25-55(74)94)61(101)88-51-38-112-111-37-50(64(104)83-46(62(102)80-43)32-40-20-22-41(93)23-21-40)87-59(99)42(16-8-28-77-71(75)76)79-56(95)35-78-58(98)47(34-57(96)97)84-67(107)52-17-9-29-89(52)69(109)48(85-65(51)105)33-39-12-2-1-3-13-39/h1-3,12-13,20-23,42-54,92-93H,4-11,14-19,24-38,72-73H2,(H2,74,94)(H,78,98)(H,79,95)(H,80,102)(H,81,106)(H,82,103)(H,83,104)(H,84,107)(H,85,105)(H,86,100)(H,87,99)(H,88,101)(H,96,97)(H4,75,76,77)/t42-,43-,44-,45-,46-,47-,48-,49-,50-,51-,52-,53-,54-/m0/s1. The number of phenolic OH excluding ortho intramolecular Hbond substituents is 1. The molecule has 0 radical (unpaired) electrons. The van der Waals surface area contributed by atoms with E-state index >= 15 is 24.0 Å². The Labute approximate surface area is 654 Å². The van der Waals surface area contributed by atoms with Crippen LogP contribution in [0.15, 0.2) is 59.6 Å². The van der Waals surface area contributed by atoms with Crippen LogP contribution >= 0.6 is 21.6 Å². The Bertz CT molecular complexity index is 3710. The Hall–Kier alpha value is -10.4. The number of carboxylic acids is 1. The van der Waals surface area contributed by atoms with Gasteiger partial charge in [0.25, 0.3) is 0 Å². The fraction of sp³-hybridized carbons (Fsp3) is 0.592. The molecule has 112 heavy (non-hydrogen) atoms. The number of hydrogen-bond acceptors (Lipinski definition) is 23. The molecule has 0 saturated carbocycles. The minimum absolute atomic E-state index is 0.00414. The zero-order chi connectivity index (χ0) is 81.6. The average Bonchev–Trinajstić information content (AvgIpc) is 1.64. The van der Waals surface area contributed by atoms with E-state index in [0.717, 1.165) is 26.5 Å². The topological polar surface area (TPSA) is 618 Å². The smallest absolute Gasteiger partial charge is 0.305 e. The summed E-state index contributed by atoms with van der Waals surface area (Å²) in [6.07, 6.45) is -1.09. The predicted octanol–water partition coefficient (Wildman–Crippen LogP) is -6.43. The molecule has 15 amide bonds. The largest absolute Gasteiger partial charge is 0.508 e.